The van der Waals surface area contributed by atoms with Crippen LogP contribution in [0.4, 0.5) is 18.9 Å². The molecule has 1 aliphatic carbocycles. The van der Waals surface area contributed by atoms with Crippen LogP contribution in [-0.2, 0) is 0 Å². The fraction of sp³-hybridized carbons (Fsp3) is 0.286. The van der Waals surface area contributed by atoms with E-state index in [1.165, 1.54) is 12.1 Å². The number of halogens is 3. The van der Waals surface area contributed by atoms with Crippen LogP contribution in [0, 0.1) is 0 Å². The Kier molecular flexibility index (Phi) is 3.51. The summed E-state index contributed by atoms with van der Waals surface area (Å²) in [6.45, 7) is 0. The maximum atomic E-state index is 12.0. The normalized spacial score (nSPS) is 14.7. The third-order valence-electron chi connectivity index (χ3n) is 3.09. The first-order valence-corrected chi connectivity index (χ1v) is 6.54. The van der Waals surface area contributed by atoms with Crippen LogP contribution in [0.25, 0.3) is 0 Å². The highest BCUT2D eigenvalue weighted by Crippen LogP contribution is 2.40. The lowest BCUT2D eigenvalue weighted by Gasteiger charge is -2.09. The van der Waals surface area contributed by atoms with Gasteiger partial charge in [-0.15, -0.1) is 13.2 Å². The van der Waals surface area contributed by atoms with Crippen molar-refractivity contribution < 1.29 is 27.2 Å². The zero-order chi connectivity index (χ0) is 15.7. The minimum Gasteiger partial charge on any atom is -0.406 e. The minimum absolute atomic E-state index is 0.137. The lowest BCUT2D eigenvalue weighted by Crippen LogP contribution is -2.17. The summed E-state index contributed by atoms with van der Waals surface area (Å²) in [5.74, 6) is 0.176. The largest absolute Gasteiger partial charge is 0.573 e. The van der Waals surface area contributed by atoms with Gasteiger partial charge in [-0.3, -0.25) is 4.79 Å². The molecule has 2 aromatic rings. The monoisotopic (exact) mass is 312 g/mol. The van der Waals surface area contributed by atoms with Gasteiger partial charge in [-0.25, -0.2) is 0 Å². The van der Waals surface area contributed by atoms with Gasteiger partial charge in [0, 0.05) is 17.7 Å². The molecule has 1 fully saturated rings. The van der Waals surface area contributed by atoms with Crippen molar-refractivity contribution in [3.05, 3.63) is 41.8 Å². The van der Waals surface area contributed by atoms with E-state index in [2.05, 4.69) is 15.2 Å². The summed E-state index contributed by atoms with van der Waals surface area (Å²) < 4.78 is 44.9. The summed E-state index contributed by atoms with van der Waals surface area (Å²) in [7, 11) is 0. The molecular formula is C14H11F3N2O3. The van der Waals surface area contributed by atoms with Crippen molar-refractivity contribution >= 4 is 11.6 Å². The number of nitrogens with one attached hydrogen (secondary N) is 1. The molecule has 0 radical (unpaired) electrons. The molecule has 1 N–H and O–H groups in total. The van der Waals surface area contributed by atoms with E-state index < -0.39 is 12.3 Å². The summed E-state index contributed by atoms with van der Waals surface area (Å²) in [4.78, 5) is 11.9. The van der Waals surface area contributed by atoms with E-state index in [0.717, 1.165) is 25.0 Å². The highest BCUT2D eigenvalue weighted by Gasteiger charge is 2.31. The molecule has 1 amide bonds. The number of nitrogens with zero attached hydrogens (tertiary/aromatic N) is 1. The Morgan fingerprint density at radius 2 is 1.95 bits per heavy atom. The fourth-order valence-corrected chi connectivity index (χ4v) is 1.89. The molecule has 3 rings (SSSR count). The summed E-state index contributed by atoms with van der Waals surface area (Å²) in [5.41, 5.74) is 0.466. The van der Waals surface area contributed by atoms with E-state index in [4.69, 9.17) is 4.52 Å². The molecule has 5 nitrogen and oxygen atoms in total. The standard InChI is InChI=1S/C14H11F3N2O3/c15-14(16,17)21-10-5-3-9(4-6-10)18-13(20)11-7-12(22-19-11)8-1-2-8/h3-8H,1-2H2,(H,18,20). The average molecular weight is 312 g/mol. The number of hydrogen-bond acceptors (Lipinski definition) is 4. The first kappa shape index (κ1) is 14.4. The number of amides is 1. The molecule has 0 saturated heterocycles. The number of anilines is 1. The third kappa shape index (κ3) is 3.57. The van der Waals surface area contributed by atoms with Crippen molar-refractivity contribution in [3.63, 3.8) is 0 Å². The van der Waals surface area contributed by atoms with Crippen molar-refractivity contribution in [2.75, 3.05) is 5.32 Å². The Morgan fingerprint density at radius 1 is 1.27 bits per heavy atom. The van der Waals surface area contributed by atoms with E-state index in [1.807, 2.05) is 0 Å². The van der Waals surface area contributed by atoms with Gasteiger partial charge < -0.3 is 14.6 Å². The first-order chi connectivity index (χ1) is 10.4. The molecule has 1 aliphatic rings. The van der Waals surface area contributed by atoms with Gasteiger partial charge in [0.25, 0.3) is 5.91 Å². The van der Waals surface area contributed by atoms with Crippen molar-refractivity contribution in [1.82, 2.24) is 5.16 Å². The Balaban J connectivity index is 1.63. The van der Waals surface area contributed by atoms with Gasteiger partial charge in [0.2, 0.25) is 0 Å². The first-order valence-electron chi connectivity index (χ1n) is 6.54. The summed E-state index contributed by atoms with van der Waals surface area (Å²) in [5, 5.41) is 6.20. The zero-order valence-electron chi connectivity index (χ0n) is 11.2. The van der Waals surface area contributed by atoms with E-state index in [1.54, 1.807) is 6.07 Å². The van der Waals surface area contributed by atoms with Crippen molar-refractivity contribution in [3.8, 4) is 5.75 Å². The van der Waals surface area contributed by atoms with Crippen LogP contribution in [0.15, 0.2) is 34.9 Å². The number of carbonyl (C=O) groups is 1. The molecule has 0 unspecified atom stereocenters. The maximum absolute atomic E-state index is 12.0. The molecule has 22 heavy (non-hydrogen) atoms. The predicted octanol–water partition coefficient (Wildman–Crippen LogP) is 3.70. The van der Waals surface area contributed by atoms with Crippen LogP contribution in [-0.4, -0.2) is 17.4 Å². The molecule has 0 bridgehead atoms. The predicted molar refractivity (Wildman–Crippen MR) is 69.6 cm³/mol. The number of ether oxygens (including phenoxy) is 1. The molecule has 0 spiro atoms. The number of benzene rings is 1. The molecular weight excluding hydrogens is 301 g/mol. The van der Waals surface area contributed by atoms with Crippen LogP contribution < -0.4 is 10.1 Å². The zero-order valence-corrected chi connectivity index (χ0v) is 11.2. The van der Waals surface area contributed by atoms with Gasteiger partial charge >= 0.3 is 6.36 Å². The van der Waals surface area contributed by atoms with Crippen LogP contribution in [0.3, 0.4) is 0 Å². The maximum Gasteiger partial charge on any atom is 0.573 e. The van der Waals surface area contributed by atoms with Crippen molar-refractivity contribution in [1.29, 1.82) is 0 Å². The van der Waals surface area contributed by atoms with Crippen LogP contribution in [0.5, 0.6) is 5.75 Å². The summed E-state index contributed by atoms with van der Waals surface area (Å²) >= 11 is 0. The second-order valence-corrected chi connectivity index (χ2v) is 4.92. The van der Waals surface area contributed by atoms with E-state index in [-0.39, 0.29) is 11.4 Å². The Morgan fingerprint density at radius 3 is 2.55 bits per heavy atom. The van der Waals surface area contributed by atoms with Crippen LogP contribution >= 0.6 is 0 Å². The van der Waals surface area contributed by atoms with Crippen molar-refractivity contribution in [2.45, 2.75) is 25.1 Å². The van der Waals surface area contributed by atoms with E-state index in [0.29, 0.717) is 17.4 Å². The number of rotatable bonds is 4. The van der Waals surface area contributed by atoms with E-state index in [9.17, 15) is 18.0 Å². The fourth-order valence-electron chi connectivity index (χ4n) is 1.89. The van der Waals surface area contributed by atoms with Gasteiger partial charge in [-0.2, -0.15) is 0 Å². The lowest BCUT2D eigenvalue weighted by atomic mass is 10.2. The number of alkyl halides is 3. The number of hydrogen-bond donors (Lipinski definition) is 1. The van der Waals surface area contributed by atoms with Gasteiger partial charge in [0.1, 0.15) is 11.5 Å². The SMILES string of the molecule is O=C(Nc1ccc(OC(F)(F)F)cc1)c1cc(C2CC2)on1. The van der Waals surface area contributed by atoms with Gasteiger partial charge in [0.05, 0.1) is 0 Å². The molecule has 8 heteroatoms. The number of carbonyl (C=O) groups excluding carboxylic acids is 1. The summed E-state index contributed by atoms with van der Waals surface area (Å²) in [6, 6.07) is 6.42. The quantitative estimate of drug-likeness (QED) is 0.935. The molecule has 0 atom stereocenters. The highest BCUT2D eigenvalue weighted by molar-refractivity contribution is 6.02. The van der Waals surface area contributed by atoms with Gasteiger partial charge in [-0.1, -0.05) is 5.16 Å². The number of aromatic nitrogens is 1. The Bertz CT molecular complexity index is 675. The second kappa shape index (κ2) is 5.36. The van der Waals surface area contributed by atoms with Crippen LogP contribution in [0.2, 0.25) is 0 Å². The smallest absolute Gasteiger partial charge is 0.406 e. The molecule has 1 saturated carbocycles. The molecule has 1 aromatic carbocycles. The van der Waals surface area contributed by atoms with E-state index >= 15 is 0 Å². The lowest BCUT2D eigenvalue weighted by molar-refractivity contribution is -0.274. The van der Waals surface area contributed by atoms with Gasteiger partial charge in [-0.05, 0) is 37.1 Å². The van der Waals surface area contributed by atoms with Crippen LogP contribution in [0.1, 0.15) is 35.0 Å². The molecule has 0 aliphatic heterocycles. The minimum atomic E-state index is -4.75. The Hall–Kier alpha value is -2.51. The van der Waals surface area contributed by atoms with Gasteiger partial charge in [0.15, 0.2) is 5.69 Å². The Labute approximate surface area is 123 Å². The average Bonchev–Trinajstić information content (AvgIpc) is 3.17. The molecule has 116 valence electrons. The molecule has 1 aromatic heterocycles. The highest BCUT2D eigenvalue weighted by atomic mass is 19.4. The third-order valence-corrected chi connectivity index (χ3v) is 3.09. The van der Waals surface area contributed by atoms with Crippen molar-refractivity contribution in [2.24, 2.45) is 0 Å². The topological polar surface area (TPSA) is 64.4 Å². The second-order valence-electron chi connectivity index (χ2n) is 4.92. The summed E-state index contributed by atoms with van der Waals surface area (Å²) in [6.07, 6.45) is -2.70. The molecule has 1 heterocycles.